The largest absolute Gasteiger partial charge is 0.351 e. The van der Waals surface area contributed by atoms with Crippen LogP contribution >= 0.6 is 11.6 Å². The van der Waals surface area contributed by atoms with Gasteiger partial charge >= 0.3 is 0 Å². The predicted molar refractivity (Wildman–Crippen MR) is 119 cm³/mol. The smallest absolute Gasteiger partial charge is 0.244 e. The molecule has 0 bridgehead atoms. The Labute approximate surface area is 181 Å². The van der Waals surface area contributed by atoms with Gasteiger partial charge in [-0.1, -0.05) is 47.5 Å². The second-order valence-corrected chi connectivity index (χ2v) is 9.33. The molecule has 30 heavy (non-hydrogen) atoms. The van der Waals surface area contributed by atoms with Gasteiger partial charge < -0.3 is 5.32 Å². The van der Waals surface area contributed by atoms with Crippen molar-refractivity contribution in [2.45, 2.75) is 17.1 Å². The molecule has 3 rings (SSSR count). The summed E-state index contributed by atoms with van der Waals surface area (Å²) in [5.74, 6) is -0.391. The number of aromatic nitrogens is 1. The van der Waals surface area contributed by atoms with Crippen LogP contribution in [0.1, 0.15) is 21.9 Å². The normalized spacial score (nSPS) is 12.6. The lowest BCUT2D eigenvalue weighted by atomic mass is 10.2. The van der Waals surface area contributed by atoms with Crippen molar-refractivity contribution in [1.82, 2.24) is 10.3 Å². The third kappa shape index (κ3) is 5.55. The first-order chi connectivity index (χ1) is 14.4. The number of hydrogen-bond donors (Lipinski definition) is 1. The second-order valence-electron chi connectivity index (χ2n) is 6.76. The van der Waals surface area contributed by atoms with E-state index in [1.807, 2.05) is 6.92 Å². The Morgan fingerprint density at radius 3 is 2.43 bits per heavy atom. The number of nitrogens with one attached hydrogen (secondary N) is 1. The van der Waals surface area contributed by atoms with E-state index in [1.165, 1.54) is 12.3 Å². The number of nitrogens with zero attached hydrogens (tertiary/aromatic N) is 1. The molecule has 1 aromatic heterocycles. The van der Waals surface area contributed by atoms with Crippen LogP contribution in [0.3, 0.4) is 0 Å². The molecule has 5 nitrogen and oxygen atoms in total. The van der Waals surface area contributed by atoms with Gasteiger partial charge in [0, 0.05) is 30.0 Å². The number of hydrogen-bond acceptors (Lipinski definition) is 4. The Morgan fingerprint density at radius 2 is 1.80 bits per heavy atom. The Kier molecular flexibility index (Phi) is 7.03. The summed E-state index contributed by atoms with van der Waals surface area (Å²) in [7, 11) is -3.73. The number of amides is 1. The summed E-state index contributed by atoms with van der Waals surface area (Å²) in [6.45, 7) is 1.81. The lowest BCUT2D eigenvalue weighted by Crippen LogP contribution is -2.31. The molecule has 0 fully saturated rings. The summed E-state index contributed by atoms with van der Waals surface area (Å²) in [4.78, 5) is 16.5. The quantitative estimate of drug-likeness (QED) is 0.553. The van der Waals surface area contributed by atoms with Gasteiger partial charge in [0.15, 0.2) is 9.84 Å². The van der Waals surface area contributed by atoms with Crippen LogP contribution in [-0.2, 0) is 14.6 Å². The molecule has 0 saturated carbocycles. The number of pyridine rings is 1. The maximum absolute atomic E-state index is 13.3. The molecule has 0 spiro atoms. The van der Waals surface area contributed by atoms with Crippen LogP contribution in [0.25, 0.3) is 6.08 Å². The summed E-state index contributed by atoms with van der Waals surface area (Å²) < 4.78 is 26.5. The van der Waals surface area contributed by atoms with E-state index in [1.54, 1.807) is 72.9 Å². The van der Waals surface area contributed by atoms with E-state index in [0.717, 1.165) is 11.1 Å². The highest BCUT2D eigenvalue weighted by atomic mass is 35.5. The lowest BCUT2D eigenvalue weighted by molar-refractivity contribution is -0.116. The molecule has 0 aliphatic carbocycles. The first-order valence-electron chi connectivity index (χ1n) is 9.28. The van der Waals surface area contributed by atoms with Crippen molar-refractivity contribution < 1.29 is 13.2 Å². The van der Waals surface area contributed by atoms with E-state index in [-0.39, 0.29) is 11.4 Å². The molecule has 1 atom stereocenters. The van der Waals surface area contributed by atoms with E-state index in [2.05, 4.69) is 10.3 Å². The number of halogens is 1. The van der Waals surface area contributed by atoms with Crippen molar-refractivity contribution in [3.05, 3.63) is 101 Å². The monoisotopic (exact) mass is 440 g/mol. The van der Waals surface area contributed by atoms with Crippen LogP contribution < -0.4 is 5.32 Å². The molecule has 0 aliphatic heterocycles. The number of carbonyl (C=O) groups is 1. The third-order valence-corrected chi connectivity index (χ3v) is 6.91. The maximum Gasteiger partial charge on any atom is 0.244 e. The summed E-state index contributed by atoms with van der Waals surface area (Å²) in [5.41, 5.74) is 2.29. The van der Waals surface area contributed by atoms with Gasteiger partial charge in [0.2, 0.25) is 5.91 Å². The van der Waals surface area contributed by atoms with Crippen LogP contribution in [0.5, 0.6) is 0 Å². The Bertz CT molecular complexity index is 1130. The predicted octanol–water partition coefficient (Wildman–Crippen LogP) is 4.39. The molecule has 1 heterocycles. The molecular weight excluding hydrogens is 420 g/mol. The van der Waals surface area contributed by atoms with Crippen molar-refractivity contribution >= 4 is 33.4 Å². The first-order valence-corrected chi connectivity index (χ1v) is 11.2. The number of rotatable bonds is 7. The molecule has 0 radical (unpaired) electrons. The van der Waals surface area contributed by atoms with Crippen LogP contribution in [0, 0.1) is 6.92 Å². The second kappa shape index (κ2) is 9.69. The number of sulfone groups is 1. The molecule has 3 aromatic rings. The highest BCUT2D eigenvalue weighted by Gasteiger charge is 2.29. The van der Waals surface area contributed by atoms with Gasteiger partial charge in [-0.05, 0) is 54.5 Å². The SMILES string of the molecule is Cc1ccc(S(=O)(=O)C(CNC(=O)/C=C/c2ccc(Cl)cc2)c2cccnc2)cc1. The molecule has 154 valence electrons. The third-order valence-electron chi connectivity index (χ3n) is 4.54. The van der Waals surface area contributed by atoms with Gasteiger partial charge in [-0.3, -0.25) is 9.78 Å². The van der Waals surface area contributed by atoms with Crippen LogP contribution in [0.4, 0.5) is 0 Å². The van der Waals surface area contributed by atoms with Crippen molar-refractivity contribution in [3.8, 4) is 0 Å². The van der Waals surface area contributed by atoms with Crippen molar-refractivity contribution in [2.24, 2.45) is 0 Å². The minimum Gasteiger partial charge on any atom is -0.351 e. The number of aryl methyl sites for hydroxylation is 1. The average Bonchev–Trinajstić information content (AvgIpc) is 2.74. The van der Waals surface area contributed by atoms with Crippen molar-refractivity contribution in [1.29, 1.82) is 0 Å². The van der Waals surface area contributed by atoms with E-state index in [4.69, 9.17) is 11.6 Å². The maximum atomic E-state index is 13.3. The van der Waals surface area contributed by atoms with Crippen molar-refractivity contribution in [3.63, 3.8) is 0 Å². The van der Waals surface area contributed by atoms with Gasteiger partial charge in [0.05, 0.1) is 4.90 Å². The van der Waals surface area contributed by atoms with E-state index < -0.39 is 21.0 Å². The molecular formula is C23H21ClN2O3S. The topological polar surface area (TPSA) is 76.1 Å². The highest BCUT2D eigenvalue weighted by molar-refractivity contribution is 7.91. The van der Waals surface area contributed by atoms with Crippen LogP contribution in [-0.4, -0.2) is 25.9 Å². The Hall–Kier alpha value is -2.96. The Balaban J connectivity index is 1.79. The Morgan fingerprint density at radius 1 is 1.10 bits per heavy atom. The fraction of sp³-hybridized carbons (Fsp3) is 0.130. The zero-order valence-electron chi connectivity index (χ0n) is 16.3. The minimum absolute atomic E-state index is 0.0777. The van der Waals surface area contributed by atoms with E-state index >= 15 is 0 Å². The van der Waals surface area contributed by atoms with Gasteiger partial charge in [-0.15, -0.1) is 0 Å². The fourth-order valence-electron chi connectivity index (χ4n) is 2.86. The summed E-state index contributed by atoms with van der Waals surface area (Å²) in [6.07, 6.45) is 6.08. The molecule has 1 N–H and O–H groups in total. The molecule has 0 aliphatic rings. The number of benzene rings is 2. The highest BCUT2D eigenvalue weighted by Crippen LogP contribution is 2.28. The van der Waals surface area contributed by atoms with Crippen molar-refractivity contribution in [2.75, 3.05) is 6.54 Å². The standard InChI is InChI=1S/C23H21ClN2O3S/c1-17-4-11-21(12-5-17)30(28,29)22(19-3-2-14-25-15-19)16-26-23(27)13-8-18-6-9-20(24)10-7-18/h2-15,22H,16H2,1H3,(H,26,27)/b13-8+. The lowest BCUT2D eigenvalue weighted by Gasteiger charge is -2.18. The summed E-state index contributed by atoms with van der Waals surface area (Å²) in [5, 5.41) is 2.34. The van der Waals surface area contributed by atoms with Gasteiger partial charge in [-0.25, -0.2) is 8.42 Å². The van der Waals surface area contributed by atoms with Gasteiger partial charge in [0.1, 0.15) is 5.25 Å². The summed E-state index contributed by atoms with van der Waals surface area (Å²) in [6, 6.07) is 17.1. The van der Waals surface area contributed by atoms with Gasteiger partial charge in [0.25, 0.3) is 0 Å². The number of carbonyl (C=O) groups excluding carboxylic acids is 1. The van der Waals surface area contributed by atoms with Crippen LogP contribution in [0.15, 0.2) is 84.0 Å². The summed E-state index contributed by atoms with van der Waals surface area (Å²) >= 11 is 5.85. The van der Waals surface area contributed by atoms with Crippen LogP contribution in [0.2, 0.25) is 5.02 Å². The first kappa shape index (κ1) is 21.7. The molecule has 7 heteroatoms. The molecule has 2 aromatic carbocycles. The average molecular weight is 441 g/mol. The van der Waals surface area contributed by atoms with E-state index in [9.17, 15) is 13.2 Å². The zero-order chi connectivity index (χ0) is 21.6. The molecule has 1 amide bonds. The van der Waals surface area contributed by atoms with E-state index in [0.29, 0.717) is 10.6 Å². The zero-order valence-corrected chi connectivity index (χ0v) is 17.9. The molecule has 0 saturated heterocycles. The molecule has 1 unspecified atom stereocenters. The minimum atomic E-state index is -3.73. The fourth-order valence-corrected chi connectivity index (χ4v) is 4.63. The van der Waals surface area contributed by atoms with Gasteiger partial charge in [-0.2, -0.15) is 0 Å².